The maximum Gasteiger partial charge on any atom is 0.329 e. The highest BCUT2D eigenvalue weighted by molar-refractivity contribution is 6.39. The summed E-state index contributed by atoms with van der Waals surface area (Å²) in [5, 5.41) is 32.7. The first-order valence-electron chi connectivity index (χ1n) is 23.0. The van der Waals surface area contributed by atoms with Gasteiger partial charge in [-0.05, 0) is 125 Å². The maximum absolute atomic E-state index is 14.4. The van der Waals surface area contributed by atoms with Crippen molar-refractivity contribution >= 4 is 23.4 Å². The fourth-order valence-corrected chi connectivity index (χ4v) is 10.1. The van der Waals surface area contributed by atoms with Crippen LogP contribution in [0.1, 0.15) is 124 Å². The van der Waals surface area contributed by atoms with Gasteiger partial charge in [0.2, 0.25) is 5.79 Å². The molecule has 5 rings (SSSR count). The number of methoxy groups -OCH3 is 2. The molecular formula is C49H73NO12. The molecule has 3 heterocycles. The van der Waals surface area contributed by atoms with E-state index >= 15 is 0 Å². The lowest BCUT2D eigenvalue weighted by Crippen LogP contribution is -2.64. The van der Waals surface area contributed by atoms with Crippen LogP contribution in [-0.2, 0) is 44.7 Å². The van der Waals surface area contributed by atoms with Crippen molar-refractivity contribution in [1.29, 1.82) is 0 Å². The van der Waals surface area contributed by atoms with Crippen LogP contribution < -0.4 is 4.74 Å². The second-order valence-electron chi connectivity index (χ2n) is 18.7. The molecule has 1 aromatic rings. The minimum absolute atomic E-state index is 0.0397. The van der Waals surface area contributed by atoms with Gasteiger partial charge in [-0.2, -0.15) is 0 Å². The van der Waals surface area contributed by atoms with Crippen LogP contribution in [0.4, 0.5) is 0 Å². The quantitative estimate of drug-likeness (QED) is 0.149. The molecule has 1 saturated carbocycles. The number of allylic oxidation sites excluding steroid dienone is 3. The van der Waals surface area contributed by atoms with Gasteiger partial charge in [0.15, 0.2) is 0 Å². The zero-order valence-corrected chi connectivity index (χ0v) is 38.3. The van der Waals surface area contributed by atoms with E-state index in [4.69, 9.17) is 23.7 Å². The summed E-state index contributed by atoms with van der Waals surface area (Å²) in [7, 11) is 3.09. The Kier molecular flexibility index (Phi) is 17.9. The third kappa shape index (κ3) is 12.0. The number of hydrogen-bond donors (Lipinski definition) is 3. The van der Waals surface area contributed by atoms with Crippen molar-refractivity contribution in [3.8, 4) is 5.75 Å². The van der Waals surface area contributed by atoms with Gasteiger partial charge in [0.25, 0.3) is 11.7 Å². The Balaban J connectivity index is 1.44. The van der Waals surface area contributed by atoms with E-state index in [-0.39, 0.29) is 61.9 Å². The van der Waals surface area contributed by atoms with Crippen LogP contribution in [0, 0.1) is 29.6 Å². The molecule has 346 valence electrons. The SMILES string of the molecule is CCC1/C=C(\C)CC(C)CC(OC)C2OC(O)(C(=O)C(=O)N3CCCCC3C(=O)OC(C(C)=CC3CCC(Oc4ccc(CO)cc4)C(O)C3)C(C)CCC1=O)C(C)CC2OC. The summed E-state index contributed by atoms with van der Waals surface area (Å²) in [6.45, 7) is 11.7. The molecular weight excluding hydrogens is 795 g/mol. The molecule has 13 unspecified atom stereocenters. The number of esters is 1. The first-order chi connectivity index (χ1) is 29.5. The molecule has 1 aromatic carbocycles. The van der Waals surface area contributed by atoms with Crippen molar-refractivity contribution < 1.29 is 58.2 Å². The lowest BCUT2D eigenvalue weighted by molar-refractivity contribution is -0.302. The van der Waals surface area contributed by atoms with Gasteiger partial charge in [-0.1, -0.05) is 57.6 Å². The number of nitrogens with zero attached hydrogens (tertiary/aromatic N) is 1. The molecule has 1 aliphatic carbocycles. The number of carbonyl (C=O) groups excluding carboxylic acids is 4. The van der Waals surface area contributed by atoms with E-state index in [0.717, 1.165) is 23.1 Å². The Bertz CT molecular complexity index is 1740. The number of ether oxygens (including phenoxy) is 5. The number of Topliss-reactive ketones (excluding diaryl/α,β-unsaturated/α-hetero) is 2. The molecule has 13 heteroatoms. The van der Waals surface area contributed by atoms with E-state index in [1.807, 2.05) is 27.7 Å². The van der Waals surface area contributed by atoms with Crippen molar-refractivity contribution in [2.75, 3.05) is 20.8 Å². The normalized spacial score (nSPS) is 37.4. The van der Waals surface area contributed by atoms with Crippen LogP contribution in [0.25, 0.3) is 0 Å². The molecule has 3 N–H and O–H groups in total. The highest BCUT2D eigenvalue weighted by atomic mass is 16.7. The van der Waals surface area contributed by atoms with Crippen molar-refractivity contribution in [2.45, 2.75) is 174 Å². The summed E-state index contributed by atoms with van der Waals surface area (Å²) in [5.41, 5.74) is 2.61. The fourth-order valence-electron chi connectivity index (χ4n) is 10.1. The van der Waals surface area contributed by atoms with Crippen molar-refractivity contribution in [2.24, 2.45) is 29.6 Å². The fraction of sp³-hybridized carbons (Fsp3) is 0.714. The molecule has 13 nitrogen and oxygen atoms in total. The summed E-state index contributed by atoms with van der Waals surface area (Å²) in [5.74, 6) is -5.90. The van der Waals surface area contributed by atoms with Crippen LogP contribution >= 0.6 is 0 Å². The summed E-state index contributed by atoms with van der Waals surface area (Å²) >= 11 is 0. The molecule has 62 heavy (non-hydrogen) atoms. The predicted molar refractivity (Wildman–Crippen MR) is 233 cm³/mol. The van der Waals surface area contributed by atoms with Gasteiger partial charge in [-0.3, -0.25) is 14.4 Å². The molecule has 3 fully saturated rings. The number of aliphatic hydroxyl groups is 3. The van der Waals surface area contributed by atoms with E-state index in [2.05, 4.69) is 19.1 Å². The number of fused-ring (bicyclic) bond motifs is 3. The third-order valence-corrected chi connectivity index (χ3v) is 13.8. The second-order valence-corrected chi connectivity index (χ2v) is 18.7. The van der Waals surface area contributed by atoms with Gasteiger partial charge in [-0.15, -0.1) is 0 Å². The van der Waals surface area contributed by atoms with Gasteiger partial charge < -0.3 is 43.9 Å². The number of ketones is 2. The number of carbonyl (C=O) groups is 4. The molecule has 1 amide bonds. The van der Waals surface area contributed by atoms with E-state index in [1.165, 1.54) is 4.90 Å². The van der Waals surface area contributed by atoms with E-state index in [1.54, 1.807) is 45.4 Å². The zero-order chi connectivity index (χ0) is 45.3. The van der Waals surface area contributed by atoms with Crippen LogP contribution in [0.2, 0.25) is 0 Å². The number of cyclic esters (lactones) is 1. The topological polar surface area (TPSA) is 178 Å². The summed E-state index contributed by atoms with van der Waals surface area (Å²) in [6.07, 6.45) is 6.21. The first-order valence-corrected chi connectivity index (χ1v) is 23.0. The van der Waals surface area contributed by atoms with E-state index in [9.17, 15) is 34.5 Å². The number of aliphatic hydroxyl groups excluding tert-OH is 2. The summed E-state index contributed by atoms with van der Waals surface area (Å²) in [6, 6.07) is 6.06. The first kappa shape index (κ1) is 49.6. The largest absolute Gasteiger partial charge is 0.488 e. The minimum Gasteiger partial charge on any atom is -0.488 e. The highest BCUT2D eigenvalue weighted by Gasteiger charge is 2.56. The van der Waals surface area contributed by atoms with Gasteiger partial charge in [0.1, 0.15) is 35.9 Å². The minimum atomic E-state index is -2.48. The smallest absolute Gasteiger partial charge is 0.329 e. The second kappa shape index (κ2) is 22.4. The molecule has 3 aliphatic heterocycles. The summed E-state index contributed by atoms with van der Waals surface area (Å²) in [4.78, 5) is 58.1. The molecule has 2 bridgehead atoms. The zero-order valence-electron chi connectivity index (χ0n) is 38.3. The number of rotatable bonds is 8. The summed E-state index contributed by atoms with van der Waals surface area (Å²) < 4.78 is 30.6. The average Bonchev–Trinajstić information content (AvgIpc) is 3.26. The standard InChI is InChI=1S/C49H73NO12/c1-9-36-23-29(2)22-30(3)24-42(58-7)45-43(59-8)26-33(6)49(57,62-45)46(54)47(55)50-21-11-10-12-38(50)48(56)61-44(31(4)13-19-39(36)52)32(5)25-35-16-20-41(40(53)27-35)60-37-17-14-34(28-51)15-18-37/h14-15,17-18,23,25,30-31,33,35-36,38,40-45,51,53,57H,9-13,16,19-22,24,26-28H2,1-8H3/b29-23+,32-25?. The molecule has 2 saturated heterocycles. The molecule has 0 spiro atoms. The van der Waals surface area contributed by atoms with Gasteiger partial charge >= 0.3 is 5.97 Å². The molecule has 4 aliphatic rings. The number of amides is 1. The van der Waals surface area contributed by atoms with Crippen LogP contribution in [0.5, 0.6) is 5.75 Å². The lowest BCUT2D eigenvalue weighted by atomic mass is 9.82. The number of piperidine rings is 1. The number of benzene rings is 1. The van der Waals surface area contributed by atoms with Gasteiger partial charge in [-0.25, -0.2) is 4.79 Å². The molecule has 13 atom stereocenters. The Morgan fingerprint density at radius 3 is 2.27 bits per heavy atom. The van der Waals surface area contributed by atoms with Crippen molar-refractivity contribution in [1.82, 2.24) is 4.90 Å². The Hall–Kier alpha value is -3.46. The van der Waals surface area contributed by atoms with Crippen LogP contribution in [0.3, 0.4) is 0 Å². The average molecular weight is 868 g/mol. The molecule has 0 aromatic heterocycles. The lowest BCUT2D eigenvalue weighted by Gasteiger charge is -2.47. The van der Waals surface area contributed by atoms with Gasteiger partial charge in [0, 0.05) is 39.0 Å². The van der Waals surface area contributed by atoms with Crippen LogP contribution in [0.15, 0.2) is 47.6 Å². The van der Waals surface area contributed by atoms with Crippen LogP contribution in [-0.4, -0.2) is 113 Å². The van der Waals surface area contributed by atoms with Crippen molar-refractivity contribution in [3.63, 3.8) is 0 Å². The predicted octanol–water partition coefficient (Wildman–Crippen LogP) is 6.43. The monoisotopic (exact) mass is 868 g/mol. The van der Waals surface area contributed by atoms with Crippen molar-refractivity contribution in [3.05, 3.63) is 53.1 Å². The highest BCUT2D eigenvalue weighted by Crippen LogP contribution is 2.39. The third-order valence-electron chi connectivity index (χ3n) is 13.8. The Morgan fingerprint density at radius 1 is 0.935 bits per heavy atom. The maximum atomic E-state index is 14.4. The Morgan fingerprint density at radius 2 is 1.63 bits per heavy atom. The Labute approximate surface area is 368 Å². The molecule has 0 radical (unpaired) electrons. The van der Waals surface area contributed by atoms with E-state index < -0.39 is 72.0 Å². The number of hydrogen-bond acceptors (Lipinski definition) is 12. The van der Waals surface area contributed by atoms with E-state index in [0.29, 0.717) is 57.1 Å². The van der Waals surface area contributed by atoms with Gasteiger partial charge in [0.05, 0.1) is 24.9 Å².